The summed E-state index contributed by atoms with van der Waals surface area (Å²) in [6.07, 6.45) is 2.83. The van der Waals surface area contributed by atoms with Gasteiger partial charge in [-0.15, -0.1) is 0 Å². The Morgan fingerprint density at radius 1 is 1.20 bits per heavy atom. The number of rotatable bonds is 2. The number of benzene rings is 1. The van der Waals surface area contributed by atoms with Crippen LogP contribution < -0.4 is 5.32 Å². The quantitative estimate of drug-likeness (QED) is 0.774. The van der Waals surface area contributed by atoms with Gasteiger partial charge in [0.2, 0.25) is 0 Å². The third kappa shape index (κ3) is 1.50. The molecular formula is C14H19N. The minimum atomic E-state index is 0.673. The fourth-order valence-electron chi connectivity index (χ4n) is 2.78. The van der Waals surface area contributed by atoms with Gasteiger partial charge in [0, 0.05) is 13.1 Å². The van der Waals surface area contributed by atoms with Gasteiger partial charge in [-0.2, -0.15) is 0 Å². The third-order valence-corrected chi connectivity index (χ3v) is 3.71. The van der Waals surface area contributed by atoms with Crippen molar-refractivity contribution in [1.29, 1.82) is 0 Å². The van der Waals surface area contributed by atoms with Crippen LogP contribution in [0.15, 0.2) is 12.1 Å². The molecule has 0 saturated heterocycles. The lowest BCUT2D eigenvalue weighted by Gasteiger charge is -2.16. The minimum Gasteiger partial charge on any atom is -0.309 e. The summed E-state index contributed by atoms with van der Waals surface area (Å²) in [6.45, 7) is 6.81. The minimum absolute atomic E-state index is 0.673. The maximum atomic E-state index is 3.48. The fraction of sp³-hybridized carbons (Fsp3) is 0.571. The molecule has 1 heteroatoms. The zero-order valence-electron chi connectivity index (χ0n) is 9.64. The van der Waals surface area contributed by atoms with Gasteiger partial charge in [-0.3, -0.25) is 0 Å². The molecule has 1 aliphatic carbocycles. The van der Waals surface area contributed by atoms with Gasteiger partial charge in [0.15, 0.2) is 0 Å². The molecule has 0 amide bonds. The molecule has 0 aromatic heterocycles. The largest absolute Gasteiger partial charge is 0.309 e. The smallest absolute Gasteiger partial charge is 0.0214 e. The lowest BCUT2D eigenvalue weighted by Crippen LogP contribution is -2.03. The summed E-state index contributed by atoms with van der Waals surface area (Å²) < 4.78 is 0. The number of nitrogens with one attached hydrogen (secondary N) is 1. The highest BCUT2D eigenvalue weighted by Crippen LogP contribution is 2.46. The molecule has 0 radical (unpaired) electrons. The molecule has 0 atom stereocenters. The van der Waals surface area contributed by atoms with Gasteiger partial charge in [-0.05, 0) is 46.9 Å². The highest BCUT2D eigenvalue weighted by molar-refractivity contribution is 5.47. The molecule has 15 heavy (non-hydrogen) atoms. The number of fused-ring (bicyclic) bond motifs is 1. The summed E-state index contributed by atoms with van der Waals surface area (Å²) in [6, 6.07) is 4.70. The second kappa shape index (κ2) is 3.34. The monoisotopic (exact) mass is 201 g/mol. The Balaban J connectivity index is 2.15. The lowest BCUT2D eigenvalue weighted by atomic mass is 9.89. The average Bonchev–Trinajstić information content (AvgIpc) is 2.93. The third-order valence-electron chi connectivity index (χ3n) is 3.71. The van der Waals surface area contributed by atoms with Crippen molar-refractivity contribution in [3.8, 4) is 0 Å². The van der Waals surface area contributed by atoms with Gasteiger partial charge in [0.1, 0.15) is 0 Å². The van der Waals surface area contributed by atoms with Gasteiger partial charge >= 0.3 is 0 Å². The predicted molar refractivity (Wildman–Crippen MR) is 63.0 cm³/mol. The maximum Gasteiger partial charge on any atom is 0.0214 e. The van der Waals surface area contributed by atoms with Crippen LogP contribution in [0.2, 0.25) is 0 Å². The normalized spacial score (nSPS) is 19.7. The van der Waals surface area contributed by atoms with Crippen LogP contribution in [0, 0.1) is 0 Å². The topological polar surface area (TPSA) is 12.0 Å². The Labute approximate surface area is 91.9 Å². The van der Waals surface area contributed by atoms with E-state index >= 15 is 0 Å². The number of hydrogen-bond donors (Lipinski definition) is 1. The van der Waals surface area contributed by atoms with E-state index in [0.717, 1.165) is 19.0 Å². The molecule has 1 saturated carbocycles. The van der Waals surface area contributed by atoms with E-state index in [2.05, 4.69) is 31.3 Å². The van der Waals surface area contributed by atoms with Crippen LogP contribution in [0.25, 0.3) is 0 Å². The van der Waals surface area contributed by atoms with E-state index in [0.29, 0.717) is 5.92 Å². The Kier molecular flexibility index (Phi) is 2.10. The molecule has 0 spiro atoms. The SMILES string of the molecule is CC(C)c1ccc2c(c1C1CC1)CNC2. The van der Waals surface area contributed by atoms with Gasteiger partial charge < -0.3 is 5.32 Å². The van der Waals surface area contributed by atoms with E-state index in [4.69, 9.17) is 0 Å². The Morgan fingerprint density at radius 3 is 2.67 bits per heavy atom. The summed E-state index contributed by atoms with van der Waals surface area (Å²) in [5, 5.41) is 3.48. The van der Waals surface area contributed by atoms with Gasteiger partial charge in [-0.1, -0.05) is 26.0 Å². The summed E-state index contributed by atoms with van der Waals surface area (Å²) in [5.74, 6) is 1.56. The first kappa shape index (κ1) is 9.41. The first-order chi connectivity index (χ1) is 7.27. The fourth-order valence-corrected chi connectivity index (χ4v) is 2.78. The highest BCUT2D eigenvalue weighted by atomic mass is 14.9. The van der Waals surface area contributed by atoms with Crippen molar-refractivity contribution in [2.24, 2.45) is 0 Å². The molecule has 1 N–H and O–H groups in total. The van der Waals surface area contributed by atoms with E-state index in [1.807, 2.05) is 0 Å². The van der Waals surface area contributed by atoms with Crippen molar-refractivity contribution in [3.63, 3.8) is 0 Å². The van der Waals surface area contributed by atoms with E-state index in [1.54, 1.807) is 22.3 Å². The van der Waals surface area contributed by atoms with Crippen LogP contribution in [0.5, 0.6) is 0 Å². The highest BCUT2D eigenvalue weighted by Gasteiger charge is 2.31. The average molecular weight is 201 g/mol. The first-order valence-corrected chi connectivity index (χ1v) is 6.12. The second-order valence-corrected chi connectivity index (χ2v) is 5.24. The van der Waals surface area contributed by atoms with Crippen molar-refractivity contribution in [1.82, 2.24) is 5.32 Å². The van der Waals surface area contributed by atoms with Crippen molar-refractivity contribution in [2.75, 3.05) is 0 Å². The number of hydrogen-bond acceptors (Lipinski definition) is 1. The van der Waals surface area contributed by atoms with E-state index in [9.17, 15) is 0 Å². The van der Waals surface area contributed by atoms with Crippen LogP contribution >= 0.6 is 0 Å². The molecule has 0 bridgehead atoms. The molecular weight excluding hydrogens is 182 g/mol. The molecule has 2 aliphatic rings. The molecule has 1 aliphatic heterocycles. The Bertz CT molecular complexity index is 389. The summed E-state index contributed by atoms with van der Waals surface area (Å²) in [5.41, 5.74) is 6.47. The van der Waals surface area contributed by atoms with Crippen LogP contribution in [-0.4, -0.2) is 0 Å². The van der Waals surface area contributed by atoms with Gasteiger partial charge in [0.25, 0.3) is 0 Å². The van der Waals surface area contributed by atoms with Crippen molar-refractivity contribution in [3.05, 3.63) is 34.4 Å². The van der Waals surface area contributed by atoms with Crippen LogP contribution in [0.1, 0.15) is 60.8 Å². The predicted octanol–water partition coefficient (Wildman–Crippen LogP) is 3.29. The van der Waals surface area contributed by atoms with Crippen LogP contribution in [0.3, 0.4) is 0 Å². The van der Waals surface area contributed by atoms with Crippen molar-refractivity contribution in [2.45, 2.75) is 51.6 Å². The van der Waals surface area contributed by atoms with E-state index in [1.165, 1.54) is 12.8 Å². The van der Waals surface area contributed by atoms with Gasteiger partial charge in [-0.25, -0.2) is 0 Å². The zero-order chi connectivity index (χ0) is 10.4. The molecule has 1 fully saturated rings. The Hall–Kier alpha value is -0.820. The van der Waals surface area contributed by atoms with Crippen molar-refractivity contribution >= 4 is 0 Å². The standard InChI is InChI=1S/C14H19N/c1-9(2)12-6-5-11-7-15-8-13(11)14(12)10-3-4-10/h5-6,9-10,15H,3-4,7-8H2,1-2H3. The summed E-state index contributed by atoms with van der Waals surface area (Å²) >= 11 is 0. The molecule has 1 heterocycles. The second-order valence-electron chi connectivity index (χ2n) is 5.24. The van der Waals surface area contributed by atoms with Gasteiger partial charge in [0.05, 0.1) is 0 Å². The summed E-state index contributed by atoms with van der Waals surface area (Å²) in [7, 11) is 0. The molecule has 0 unspecified atom stereocenters. The van der Waals surface area contributed by atoms with Crippen LogP contribution in [0.4, 0.5) is 0 Å². The van der Waals surface area contributed by atoms with Crippen LogP contribution in [-0.2, 0) is 13.1 Å². The summed E-state index contributed by atoms with van der Waals surface area (Å²) in [4.78, 5) is 0. The van der Waals surface area contributed by atoms with E-state index in [-0.39, 0.29) is 0 Å². The first-order valence-electron chi connectivity index (χ1n) is 6.12. The molecule has 1 aromatic carbocycles. The zero-order valence-corrected chi connectivity index (χ0v) is 9.64. The molecule has 1 nitrogen and oxygen atoms in total. The van der Waals surface area contributed by atoms with E-state index < -0.39 is 0 Å². The lowest BCUT2D eigenvalue weighted by molar-refractivity contribution is 0.759. The molecule has 80 valence electrons. The van der Waals surface area contributed by atoms with Crippen molar-refractivity contribution < 1.29 is 0 Å². The Morgan fingerprint density at radius 2 is 2.00 bits per heavy atom. The molecule has 3 rings (SSSR count). The maximum absolute atomic E-state index is 3.48. The molecule has 1 aromatic rings.